The average Bonchev–Trinajstić information content (AvgIpc) is 3.43. The fraction of sp³-hybridized carbons (Fsp3) is 0.280. The number of benzene rings is 1. The molecular weight excluding hydrogens is 541 g/mol. The van der Waals surface area contributed by atoms with Crippen LogP contribution in [0.1, 0.15) is 39.7 Å². The third-order valence-electron chi connectivity index (χ3n) is 5.80. The third-order valence-corrected chi connectivity index (χ3v) is 5.80. The largest absolute Gasteiger partial charge is 0.493 e. The Kier molecular flexibility index (Phi) is 8.41. The number of aryl methyl sites for hydroxylation is 6. The summed E-state index contributed by atoms with van der Waals surface area (Å²) in [6.45, 7) is 12.2. The molecule has 0 amide bonds. The zero-order chi connectivity index (χ0) is 27.1. The zero-order valence-electron chi connectivity index (χ0n) is 21.7. The number of aromatic hydroxyl groups is 1. The van der Waals surface area contributed by atoms with Crippen LogP contribution in [-0.2, 0) is 22.7 Å². The second kappa shape index (κ2) is 11.0. The van der Waals surface area contributed by atoms with Gasteiger partial charge in [0.1, 0.15) is 5.69 Å². The number of alkyl halides is 3. The van der Waals surface area contributed by atoms with Gasteiger partial charge in [-0.1, -0.05) is 25.1 Å². The van der Waals surface area contributed by atoms with Gasteiger partial charge >= 0.3 is 13.3 Å². The molecule has 4 aromatic heterocycles. The number of nitrogens with zero attached hydrogens (tertiary/aromatic N) is 7. The molecule has 203 valence electrons. The van der Waals surface area contributed by atoms with Gasteiger partial charge in [-0.25, -0.2) is 15.2 Å². The van der Waals surface area contributed by atoms with Crippen LogP contribution >= 0.6 is 0 Å². The van der Waals surface area contributed by atoms with Crippen molar-refractivity contribution in [2.24, 2.45) is 0 Å². The predicted molar refractivity (Wildman–Crippen MR) is 133 cm³/mol. The second-order valence-corrected chi connectivity index (χ2v) is 9.00. The first kappa shape index (κ1) is 29.0. The summed E-state index contributed by atoms with van der Waals surface area (Å²) in [5.74, 6) is -0.624. The summed E-state index contributed by atoms with van der Waals surface area (Å²) in [7, 11) is -0.226. The number of hydrogen-bond acceptors (Lipinski definition) is 4. The van der Waals surface area contributed by atoms with Crippen LogP contribution in [0.15, 0.2) is 48.5 Å². The molecule has 0 saturated carbocycles. The minimum Gasteiger partial charge on any atom is -0.493 e. The monoisotopic (exact) mass is 567 g/mol. The van der Waals surface area contributed by atoms with Crippen LogP contribution in [0.3, 0.4) is 0 Å². The minimum absolute atomic E-state index is 0. The number of rotatable bonds is 3. The molecule has 0 fully saturated rings. The van der Waals surface area contributed by atoms with Crippen LogP contribution in [0, 0.1) is 41.5 Å². The van der Waals surface area contributed by atoms with E-state index in [1.165, 1.54) is 18.2 Å². The normalized spacial score (nSPS) is 11.4. The van der Waals surface area contributed by atoms with Gasteiger partial charge in [-0.2, -0.15) is 13.2 Å². The van der Waals surface area contributed by atoms with Crippen LogP contribution in [0.4, 0.5) is 13.2 Å². The van der Waals surface area contributed by atoms with Crippen molar-refractivity contribution in [3.8, 4) is 5.88 Å². The van der Waals surface area contributed by atoms with Crippen LogP contribution < -0.4 is 9.69 Å². The fourth-order valence-electron chi connectivity index (χ4n) is 4.35. The molecule has 0 atom stereocenters. The van der Waals surface area contributed by atoms with Gasteiger partial charge in [0.15, 0.2) is 0 Å². The molecular formula is C25H27BF3N7NiO-. The predicted octanol–water partition coefficient (Wildman–Crippen LogP) is 4.06. The molecule has 0 spiro atoms. The maximum Gasteiger partial charge on any atom is 0.483 e. The Morgan fingerprint density at radius 2 is 1.42 bits per heavy atom. The smallest absolute Gasteiger partial charge is 0.483 e. The maximum atomic E-state index is 12.6. The van der Waals surface area contributed by atoms with E-state index in [0.717, 1.165) is 34.2 Å². The van der Waals surface area contributed by atoms with Crippen molar-refractivity contribution in [3.05, 3.63) is 88.3 Å². The van der Waals surface area contributed by atoms with E-state index in [9.17, 15) is 13.2 Å². The zero-order valence-corrected chi connectivity index (χ0v) is 22.7. The van der Waals surface area contributed by atoms with Crippen LogP contribution in [0.2, 0.25) is 0 Å². The molecule has 0 aliphatic rings. The van der Waals surface area contributed by atoms with E-state index in [-0.39, 0.29) is 34.5 Å². The number of para-hydroxylation sites is 1. The number of fused-ring (bicyclic) bond motifs is 1. The van der Waals surface area contributed by atoms with Crippen molar-refractivity contribution in [2.75, 3.05) is 0 Å². The van der Waals surface area contributed by atoms with Gasteiger partial charge in [-0.15, -0.1) is 5.69 Å². The number of aromatic nitrogens is 7. The van der Waals surface area contributed by atoms with E-state index in [4.69, 9.17) is 5.11 Å². The summed E-state index contributed by atoms with van der Waals surface area (Å²) in [6, 6.07) is 12.7. The second-order valence-electron chi connectivity index (χ2n) is 9.00. The van der Waals surface area contributed by atoms with Crippen molar-refractivity contribution in [3.63, 3.8) is 0 Å². The first-order valence-electron chi connectivity index (χ1n) is 11.6. The minimum atomic E-state index is -4.49. The SMILES string of the molecule is Cc1cc(C)n([B-](n2nc(C)cc2C)[n+]2[n-]c(C)cc2C)n1.Oc1cc(C(F)(F)F)c2ccccc2n1.[Ni]. The summed E-state index contributed by atoms with van der Waals surface area (Å²) in [4.78, 5) is 3.61. The maximum absolute atomic E-state index is 12.6. The van der Waals surface area contributed by atoms with Crippen molar-refractivity contribution in [2.45, 2.75) is 47.7 Å². The van der Waals surface area contributed by atoms with E-state index in [2.05, 4.69) is 59.3 Å². The molecule has 1 radical (unpaired) electrons. The third kappa shape index (κ3) is 5.93. The Bertz CT molecular complexity index is 1470. The van der Waals surface area contributed by atoms with E-state index < -0.39 is 17.6 Å². The Morgan fingerprint density at radius 3 is 1.87 bits per heavy atom. The van der Waals surface area contributed by atoms with Gasteiger partial charge in [-0.3, -0.25) is 0 Å². The molecule has 4 heterocycles. The van der Waals surface area contributed by atoms with Gasteiger partial charge in [0.05, 0.1) is 22.5 Å². The van der Waals surface area contributed by atoms with Crippen LogP contribution in [0.5, 0.6) is 5.88 Å². The summed E-state index contributed by atoms with van der Waals surface area (Å²) >= 11 is 0. The summed E-state index contributed by atoms with van der Waals surface area (Å²) in [5, 5.41) is 23.0. The van der Waals surface area contributed by atoms with Crippen molar-refractivity contribution in [1.82, 2.24) is 29.5 Å². The van der Waals surface area contributed by atoms with E-state index >= 15 is 0 Å². The molecule has 38 heavy (non-hydrogen) atoms. The van der Waals surface area contributed by atoms with Gasteiger partial charge in [0.2, 0.25) is 5.88 Å². The fourth-order valence-corrected chi connectivity index (χ4v) is 4.35. The van der Waals surface area contributed by atoms with E-state index in [0.29, 0.717) is 6.07 Å². The Balaban J connectivity index is 0.000000220. The van der Waals surface area contributed by atoms with Crippen molar-refractivity contribution >= 4 is 18.0 Å². The number of halogens is 3. The number of pyridine rings is 1. The van der Waals surface area contributed by atoms with E-state index in [1.54, 1.807) is 6.07 Å². The Morgan fingerprint density at radius 1 is 0.868 bits per heavy atom. The molecule has 1 aromatic carbocycles. The molecule has 0 saturated heterocycles. The van der Waals surface area contributed by atoms with Crippen LogP contribution in [0.25, 0.3) is 10.9 Å². The van der Waals surface area contributed by atoms with Crippen molar-refractivity contribution in [1.29, 1.82) is 0 Å². The molecule has 5 rings (SSSR count). The van der Waals surface area contributed by atoms with Gasteiger partial charge in [0.25, 0.3) is 0 Å². The molecule has 1 N–H and O–H groups in total. The molecule has 0 aliphatic carbocycles. The molecule has 8 nitrogen and oxygen atoms in total. The average molecular weight is 568 g/mol. The van der Waals surface area contributed by atoms with Crippen LogP contribution in [-0.4, -0.2) is 36.6 Å². The summed E-state index contributed by atoms with van der Waals surface area (Å²) in [6.07, 6.45) is -4.49. The molecule has 5 aromatic rings. The molecule has 0 aliphatic heterocycles. The standard InChI is InChI=1S/C15H21BN6.C10H6F3NO.Ni/c1-10-7-13(4)20(17-10)16(21-14(5)8-11(2)18-21)22-15(6)9-12(3)19-22;11-10(12,13)7-5-9(15)14-8-4-2-1-3-6(7)8;/h7-9H,1-6H3;1-5H,(H,14,15);/q-1;;. The van der Waals surface area contributed by atoms with E-state index in [1.807, 2.05) is 34.5 Å². The first-order valence-corrected chi connectivity index (χ1v) is 11.6. The molecule has 0 bridgehead atoms. The Labute approximate surface area is 228 Å². The van der Waals surface area contributed by atoms with Gasteiger partial charge < -0.3 is 24.0 Å². The van der Waals surface area contributed by atoms with Gasteiger partial charge in [-0.05, 0) is 63.3 Å². The van der Waals surface area contributed by atoms with Crippen molar-refractivity contribution < 1.29 is 39.4 Å². The molecule has 0 unspecified atom stereocenters. The van der Waals surface area contributed by atoms with Gasteiger partial charge in [0, 0.05) is 34.9 Å². The Hall–Kier alpha value is -3.59. The topological polar surface area (TPSA) is 86.7 Å². The summed E-state index contributed by atoms with van der Waals surface area (Å²) < 4.78 is 43.6. The number of hydrogen-bond donors (Lipinski definition) is 1. The first-order chi connectivity index (χ1) is 17.3. The molecule has 13 heteroatoms. The summed E-state index contributed by atoms with van der Waals surface area (Å²) in [5.41, 5.74) is 5.49. The quantitative estimate of drug-likeness (QED) is 0.332.